The maximum atomic E-state index is 12.4. The van der Waals surface area contributed by atoms with Gasteiger partial charge in [0.15, 0.2) is 11.5 Å². The Morgan fingerprint density at radius 2 is 1.31 bits per heavy atom. The van der Waals surface area contributed by atoms with Crippen LogP contribution in [0.5, 0.6) is 0 Å². The summed E-state index contributed by atoms with van der Waals surface area (Å²) in [4.78, 5) is 38.9. The molecule has 0 amide bonds. The number of benzene rings is 2. The molecule has 3 aromatic rings. The molecule has 0 fully saturated rings. The lowest BCUT2D eigenvalue weighted by atomic mass is 9.94. The number of ether oxygens (including phenoxy) is 2. The first-order chi connectivity index (χ1) is 28.3. The highest BCUT2D eigenvalue weighted by Crippen LogP contribution is 2.39. The fourth-order valence-corrected chi connectivity index (χ4v) is 8.14. The molecule has 10 heteroatoms. The summed E-state index contributed by atoms with van der Waals surface area (Å²) in [7, 11) is 2.68. The van der Waals surface area contributed by atoms with Crippen molar-refractivity contribution >= 4 is 40.1 Å². The fraction of sp³-hybridized carbons (Fsp3) is 0.333. The van der Waals surface area contributed by atoms with Crippen molar-refractivity contribution < 1.29 is 29.3 Å². The quantitative estimate of drug-likeness (QED) is 0.0947. The first-order valence-electron chi connectivity index (χ1n) is 20.5. The molecule has 4 aliphatic rings. The Labute approximate surface area is 339 Å². The Morgan fingerprint density at radius 3 is 1.93 bits per heavy atom. The number of aliphatic imine (C=N–C) groups is 2. The minimum absolute atomic E-state index is 0.176. The minimum Gasteiger partial charge on any atom is -0.503 e. The SMILES string of the molecule is CCCCCC/C1=C2\C=CC(=N2)/C(CCCCCC)=c2/cc/c([nH]2)=C(\c2ccc(C(=O)OC)cc2)C2=N/C(=C(/c3ccc(C(=O)OC)cc3)C3CC=C1N3)C(O)=C2O. The number of nitrogens with one attached hydrogen (secondary N) is 2. The van der Waals surface area contributed by atoms with Gasteiger partial charge in [-0.15, -0.1) is 0 Å². The van der Waals surface area contributed by atoms with E-state index in [0.717, 1.165) is 97.8 Å². The van der Waals surface area contributed by atoms with Gasteiger partial charge in [0, 0.05) is 38.7 Å². The van der Waals surface area contributed by atoms with Crippen LogP contribution in [0.2, 0.25) is 0 Å². The Kier molecular flexibility index (Phi) is 12.4. The molecule has 0 radical (unpaired) electrons. The number of nitrogens with zero attached hydrogens (tertiary/aromatic N) is 2. The summed E-state index contributed by atoms with van der Waals surface area (Å²) >= 11 is 0. The standard InChI is InChI=1S/C48H52N4O6/c1-5-7-9-11-13-33-35-23-24-36(49-35)34(14-12-10-8-6-2)38-26-28-40(51-38)42(30-17-21-32(22-18-30)48(56)58-4)44-46(54)45(53)43(52-44)41(39-27-25-37(33)50-39)29-15-19-31(20-16-29)47(55)57-3/h15-27,40,50-51,53-54H,5-14,28H2,1-4H3/b36-34-,37-33-,41-39-,44-42-. The number of hydrogen-bond donors (Lipinski definition) is 4. The van der Waals surface area contributed by atoms with Crippen LogP contribution in [0.15, 0.2) is 123 Å². The highest BCUT2D eigenvalue weighted by Gasteiger charge is 2.35. The average molecular weight is 781 g/mol. The summed E-state index contributed by atoms with van der Waals surface area (Å²) < 4.78 is 9.93. The zero-order valence-corrected chi connectivity index (χ0v) is 33.8. The van der Waals surface area contributed by atoms with Crippen LogP contribution in [0.4, 0.5) is 0 Å². The van der Waals surface area contributed by atoms with Crippen LogP contribution in [0, 0.1) is 0 Å². The number of allylic oxidation sites excluding steroid dienone is 4. The van der Waals surface area contributed by atoms with Gasteiger partial charge in [0.1, 0.15) is 11.4 Å². The smallest absolute Gasteiger partial charge is 0.337 e. The largest absolute Gasteiger partial charge is 0.503 e. The van der Waals surface area contributed by atoms with Gasteiger partial charge in [-0.1, -0.05) is 82.7 Å². The van der Waals surface area contributed by atoms with Gasteiger partial charge in [0.2, 0.25) is 0 Å². The van der Waals surface area contributed by atoms with Gasteiger partial charge in [0.05, 0.1) is 42.8 Å². The average Bonchev–Trinajstić information content (AvgIpc) is 4.08. The van der Waals surface area contributed by atoms with Gasteiger partial charge in [-0.25, -0.2) is 19.6 Å². The number of aliphatic hydroxyl groups excluding tert-OH is 2. The monoisotopic (exact) mass is 780 g/mol. The normalized spacial score (nSPS) is 21.8. The van der Waals surface area contributed by atoms with Crippen LogP contribution in [-0.2, 0) is 9.47 Å². The van der Waals surface area contributed by atoms with E-state index in [1.165, 1.54) is 14.2 Å². The number of H-pyrrole nitrogens is 1. The Hall–Kier alpha value is -6.16. The van der Waals surface area contributed by atoms with Gasteiger partial charge >= 0.3 is 11.9 Å². The van der Waals surface area contributed by atoms with Crippen LogP contribution in [0.3, 0.4) is 0 Å². The molecule has 2 aromatic carbocycles. The molecule has 300 valence electrons. The Morgan fingerprint density at radius 1 is 0.707 bits per heavy atom. The highest BCUT2D eigenvalue weighted by molar-refractivity contribution is 6.32. The summed E-state index contributed by atoms with van der Waals surface area (Å²) in [5.74, 6) is -1.65. The molecule has 1 aromatic heterocycles. The van der Waals surface area contributed by atoms with Gasteiger partial charge in [0.25, 0.3) is 0 Å². The molecule has 4 N–H and O–H groups in total. The van der Waals surface area contributed by atoms with Crippen molar-refractivity contribution in [3.63, 3.8) is 0 Å². The number of unbranched alkanes of at least 4 members (excludes halogenated alkanes) is 6. The third-order valence-corrected chi connectivity index (χ3v) is 11.3. The van der Waals surface area contributed by atoms with E-state index in [1.54, 1.807) is 36.4 Å². The van der Waals surface area contributed by atoms with Gasteiger partial charge < -0.3 is 30.0 Å². The second-order valence-electron chi connectivity index (χ2n) is 15.1. The molecule has 8 bridgehead atoms. The minimum atomic E-state index is -0.467. The number of esters is 2. The predicted octanol–water partition coefficient (Wildman–Crippen LogP) is 8.60. The van der Waals surface area contributed by atoms with Crippen molar-refractivity contribution in [2.45, 2.75) is 90.5 Å². The van der Waals surface area contributed by atoms with Crippen LogP contribution in [0.1, 0.15) is 116 Å². The molecule has 5 heterocycles. The number of rotatable bonds is 14. The van der Waals surface area contributed by atoms with E-state index in [9.17, 15) is 19.8 Å². The molecule has 58 heavy (non-hydrogen) atoms. The number of aliphatic hydroxyl groups is 2. The molecule has 0 spiro atoms. The molecular formula is C48H52N4O6. The molecule has 0 saturated heterocycles. The number of methoxy groups -OCH3 is 2. The fourth-order valence-electron chi connectivity index (χ4n) is 8.14. The highest BCUT2D eigenvalue weighted by atomic mass is 16.5. The van der Waals surface area contributed by atoms with Crippen LogP contribution in [0.25, 0.3) is 16.7 Å². The number of carbonyl (C=O) groups is 2. The maximum absolute atomic E-state index is 12.4. The van der Waals surface area contributed by atoms with E-state index in [-0.39, 0.29) is 29.0 Å². The van der Waals surface area contributed by atoms with E-state index >= 15 is 0 Å². The molecular weight excluding hydrogens is 729 g/mol. The van der Waals surface area contributed by atoms with Crippen LogP contribution < -0.4 is 16.0 Å². The maximum Gasteiger partial charge on any atom is 0.337 e. The van der Waals surface area contributed by atoms with Crippen molar-refractivity contribution in [2.24, 2.45) is 9.98 Å². The first-order valence-corrected chi connectivity index (χ1v) is 20.5. The lowest BCUT2D eigenvalue weighted by Crippen LogP contribution is -2.26. The van der Waals surface area contributed by atoms with Crippen molar-refractivity contribution in [3.8, 4) is 0 Å². The molecule has 7 rings (SSSR count). The van der Waals surface area contributed by atoms with Crippen LogP contribution >= 0.6 is 0 Å². The van der Waals surface area contributed by atoms with Crippen molar-refractivity contribution in [3.05, 3.63) is 146 Å². The Bertz CT molecular complexity index is 2440. The van der Waals surface area contributed by atoms with Gasteiger partial charge in [-0.2, -0.15) is 0 Å². The number of carbonyl (C=O) groups excluding carboxylic acids is 2. The molecule has 4 aliphatic heterocycles. The van der Waals surface area contributed by atoms with E-state index in [0.29, 0.717) is 45.2 Å². The topological polar surface area (TPSA) is 146 Å². The summed E-state index contributed by atoms with van der Waals surface area (Å²) in [5.41, 5.74) is 8.82. The number of hydrogen-bond acceptors (Lipinski definition) is 9. The van der Waals surface area contributed by atoms with E-state index in [4.69, 9.17) is 19.5 Å². The zero-order valence-electron chi connectivity index (χ0n) is 33.8. The molecule has 10 nitrogen and oxygen atoms in total. The van der Waals surface area contributed by atoms with Crippen LogP contribution in [-0.4, -0.2) is 58.8 Å². The van der Waals surface area contributed by atoms with Crippen molar-refractivity contribution in [1.29, 1.82) is 0 Å². The lowest BCUT2D eigenvalue weighted by Gasteiger charge is -2.21. The zero-order chi connectivity index (χ0) is 40.8. The van der Waals surface area contributed by atoms with Gasteiger partial charge in [-0.3, -0.25) is 0 Å². The second-order valence-corrected chi connectivity index (χ2v) is 15.1. The number of aromatic amines is 1. The van der Waals surface area contributed by atoms with Gasteiger partial charge in [-0.05, 0) is 91.8 Å². The third kappa shape index (κ3) is 8.14. The molecule has 1 unspecified atom stereocenters. The molecule has 1 atom stereocenters. The predicted molar refractivity (Wildman–Crippen MR) is 229 cm³/mol. The van der Waals surface area contributed by atoms with Crippen molar-refractivity contribution in [2.75, 3.05) is 14.2 Å². The summed E-state index contributed by atoms with van der Waals surface area (Å²) in [6.07, 6.45) is 17.6. The summed E-state index contributed by atoms with van der Waals surface area (Å²) in [6.45, 7) is 4.43. The number of fused-ring (bicyclic) bond motifs is 6. The van der Waals surface area contributed by atoms with Crippen molar-refractivity contribution in [1.82, 2.24) is 10.3 Å². The molecule has 0 aliphatic carbocycles. The molecule has 0 saturated carbocycles. The lowest BCUT2D eigenvalue weighted by molar-refractivity contribution is 0.0592. The second kappa shape index (κ2) is 18.0. The summed E-state index contributed by atoms with van der Waals surface area (Å²) in [6, 6.07) is 17.6. The van der Waals surface area contributed by atoms with E-state index < -0.39 is 11.9 Å². The number of aromatic nitrogens is 1. The first kappa shape index (κ1) is 40.1. The van der Waals surface area contributed by atoms with E-state index in [2.05, 4.69) is 42.4 Å². The third-order valence-electron chi connectivity index (χ3n) is 11.3. The van der Waals surface area contributed by atoms with E-state index in [1.807, 2.05) is 24.3 Å². The Balaban J connectivity index is 1.51. The summed E-state index contributed by atoms with van der Waals surface area (Å²) in [5, 5.41) is 29.2.